The van der Waals surface area contributed by atoms with Gasteiger partial charge in [-0.05, 0) is 54.6 Å². The Hall–Kier alpha value is -6.98. The van der Waals surface area contributed by atoms with Crippen molar-refractivity contribution in [2.24, 2.45) is 0 Å². The van der Waals surface area contributed by atoms with E-state index in [1.165, 1.54) is 0 Å². The first-order valence-corrected chi connectivity index (χ1v) is 17.2. The molecule has 0 N–H and O–H groups in total. The van der Waals surface area contributed by atoms with Gasteiger partial charge in [-0.3, -0.25) is 4.57 Å². The molecule has 0 fully saturated rings. The van der Waals surface area contributed by atoms with Crippen LogP contribution in [-0.4, -0.2) is 19.1 Å². The number of hydrogen-bond acceptors (Lipinski definition) is 3. The standard InChI is InChI=1S/C46H28N4O/c1-4-14-29(15-5-1)38-27-39(30-16-6-2-7-17-30)48-46(47-38)50-40-22-12-10-20-32(40)34-24-35-36-26-45-37(33-21-11-13-23-44(33)51-45)25-41(36)49(42(35)28-43(34)50)31-18-8-3-9-19-31/h1-28H. The van der Waals surface area contributed by atoms with Crippen LogP contribution in [0, 0.1) is 0 Å². The average molecular weight is 653 g/mol. The zero-order chi connectivity index (χ0) is 33.5. The van der Waals surface area contributed by atoms with E-state index in [0.29, 0.717) is 5.95 Å². The third kappa shape index (κ3) is 4.22. The summed E-state index contributed by atoms with van der Waals surface area (Å²) in [5.41, 5.74) is 11.1. The van der Waals surface area contributed by atoms with Crippen LogP contribution in [0.4, 0.5) is 0 Å². The molecule has 11 rings (SSSR count). The van der Waals surface area contributed by atoms with Gasteiger partial charge in [0.25, 0.3) is 0 Å². The van der Waals surface area contributed by atoms with E-state index < -0.39 is 0 Å². The van der Waals surface area contributed by atoms with Crippen molar-refractivity contribution in [1.82, 2.24) is 19.1 Å². The molecule has 11 aromatic rings. The van der Waals surface area contributed by atoms with Crippen molar-refractivity contribution in [2.75, 3.05) is 0 Å². The maximum atomic E-state index is 6.41. The highest BCUT2D eigenvalue weighted by Crippen LogP contribution is 2.42. The Morgan fingerprint density at radius 1 is 0.353 bits per heavy atom. The summed E-state index contributed by atoms with van der Waals surface area (Å²) in [5.74, 6) is 0.632. The normalized spacial score (nSPS) is 11.9. The summed E-state index contributed by atoms with van der Waals surface area (Å²) in [4.78, 5) is 10.5. The molecule has 4 aromatic heterocycles. The monoisotopic (exact) mass is 652 g/mol. The van der Waals surface area contributed by atoms with Crippen molar-refractivity contribution >= 4 is 65.6 Å². The van der Waals surface area contributed by atoms with Crippen molar-refractivity contribution in [3.63, 3.8) is 0 Å². The number of furan rings is 1. The largest absolute Gasteiger partial charge is 0.456 e. The summed E-state index contributed by atoms with van der Waals surface area (Å²) >= 11 is 0. The molecule has 0 saturated carbocycles. The van der Waals surface area contributed by atoms with Crippen LogP contribution < -0.4 is 0 Å². The van der Waals surface area contributed by atoms with Crippen molar-refractivity contribution < 1.29 is 4.42 Å². The number of benzene rings is 7. The lowest BCUT2D eigenvalue weighted by Gasteiger charge is -2.12. The van der Waals surface area contributed by atoms with Gasteiger partial charge in [0, 0.05) is 49.1 Å². The number of para-hydroxylation sites is 3. The molecule has 0 radical (unpaired) electrons. The van der Waals surface area contributed by atoms with Gasteiger partial charge < -0.3 is 8.98 Å². The van der Waals surface area contributed by atoms with Gasteiger partial charge in [-0.25, -0.2) is 9.97 Å². The van der Waals surface area contributed by atoms with Crippen LogP contribution in [0.5, 0.6) is 0 Å². The first-order chi connectivity index (χ1) is 25.3. The summed E-state index contributed by atoms with van der Waals surface area (Å²) in [6.07, 6.45) is 0. The average Bonchev–Trinajstić information content (AvgIpc) is 3.83. The minimum absolute atomic E-state index is 0.632. The molecule has 5 nitrogen and oxygen atoms in total. The van der Waals surface area contributed by atoms with Gasteiger partial charge in [0.15, 0.2) is 0 Å². The zero-order valence-corrected chi connectivity index (χ0v) is 27.4. The van der Waals surface area contributed by atoms with Crippen molar-refractivity contribution in [1.29, 1.82) is 0 Å². The minimum Gasteiger partial charge on any atom is -0.456 e. The van der Waals surface area contributed by atoms with Gasteiger partial charge in [0.2, 0.25) is 5.95 Å². The Bertz CT molecular complexity index is 3060. The van der Waals surface area contributed by atoms with E-state index >= 15 is 0 Å². The second-order valence-electron chi connectivity index (χ2n) is 13.0. The van der Waals surface area contributed by atoms with E-state index in [9.17, 15) is 0 Å². The maximum Gasteiger partial charge on any atom is 0.235 e. The fourth-order valence-corrected chi connectivity index (χ4v) is 7.81. The molecule has 0 amide bonds. The van der Waals surface area contributed by atoms with Crippen LogP contribution in [0.2, 0.25) is 0 Å². The van der Waals surface area contributed by atoms with Crippen LogP contribution in [0.15, 0.2) is 174 Å². The highest BCUT2D eigenvalue weighted by molar-refractivity contribution is 6.22. The number of fused-ring (bicyclic) bond motifs is 9. The highest BCUT2D eigenvalue weighted by atomic mass is 16.3. The van der Waals surface area contributed by atoms with E-state index in [4.69, 9.17) is 14.4 Å². The van der Waals surface area contributed by atoms with Crippen LogP contribution >= 0.6 is 0 Å². The fraction of sp³-hybridized carbons (Fsp3) is 0. The first kappa shape index (κ1) is 27.9. The molecule has 0 aliphatic heterocycles. The fourth-order valence-electron chi connectivity index (χ4n) is 7.81. The van der Waals surface area contributed by atoms with Gasteiger partial charge in [0.1, 0.15) is 11.2 Å². The summed E-state index contributed by atoms with van der Waals surface area (Å²) in [6, 6.07) is 59.4. The quantitative estimate of drug-likeness (QED) is 0.190. The van der Waals surface area contributed by atoms with E-state index in [0.717, 1.165) is 93.8 Å². The van der Waals surface area contributed by atoms with Crippen LogP contribution in [0.3, 0.4) is 0 Å². The third-order valence-electron chi connectivity index (χ3n) is 10.1. The maximum absolute atomic E-state index is 6.41. The summed E-state index contributed by atoms with van der Waals surface area (Å²) in [5, 5.41) is 6.83. The summed E-state index contributed by atoms with van der Waals surface area (Å²) < 4.78 is 11.0. The molecular formula is C46H28N4O. The second-order valence-corrected chi connectivity index (χ2v) is 13.0. The summed E-state index contributed by atoms with van der Waals surface area (Å²) in [7, 11) is 0. The van der Waals surface area contributed by atoms with E-state index in [-0.39, 0.29) is 0 Å². The molecular weight excluding hydrogens is 625 g/mol. The smallest absolute Gasteiger partial charge is 0.235 e. The lowest BCUT2D eigenvalue weighted by atomic mass is 10.1. The molecule has 0 bridgehead atoms. The molecule has 0 aliphatic rings. The van der Waals surface area contributed by atoms with E-state index in [2.05, 4.69) is 155 Å². The predicted octanol–water partition coefficient (Wildman–Crippen LogP) is 11.9. The predicted molar refractivity (Wildman–Crippen MR) is 209 cm³/mol. The zero-order valence-electron chi connectivity index (χ0n) is 27.4. The first-order valence-electron chi connectivity index (χ1n) is 17.2. The Morgan fingerprint density at radius 2 is 0.902 bits per heavy atom. The third-order valence-corrected chi connectivity index (χ3v) is 10.1. The molecule has 51 heavy (non-hydrogen) atoms. The lowest BCUT2D eigenvalue weighted by Crippen LogP contribution is -2.04. The Morgan fingerprint density at radius 3 is 1.63 bits per heavy atom. The highest BCUT2D eigenvalue weighted by Gasteiger charge is 2.22. The lowest BCUT2D eigenvalue weighted by molar-refractivity contribution is 0.669. The van der Waals surface area contributed by atoms with Crippen LogP contribution in [-0.2, 0) is 0 Å². The van der Waals surface area contributed by atoms with E-state index in [1.807, 2.05) is 24.3 Å². The van der Waals surface area contributed by atoms with Crippen molar-refractivity contribution in [3.05, 3.63) is 170 Å². The molecule has 0 unspecified atom stereocenters. The number of hydrogen-bond donors (Lipinski definition) is 0. The Balaban J connectivity index is 1.27. The molecule has 238 valence electrons. The van der Waals surface area contributed by atoms with Gasteiger partial charge in [-0.15, -0.1) is 0 Å². The number of rotatable bonds is 4. The van der Waals surface area contributed by atoms with Gasteiger partial charge in [-0.1, -0.05) is 115 Å². The number of nitrogens with zero attached hydrogens (tertiary/aromatic N) is 4. The summed E-state index contributed by atoms with van der Waals surface area (Å²) in [6.45, 7) is 0. The second kappa shape index (κ2) is 10.8. The molecule has 0 saturated heterocycles. The molecule has 0 aliphatic carbocycles. The van der Waals surface area contributed by atoms with Crippen molar-refractivity contribution in [2.45, 2.75) is 0 Å². The SMILES string of the molecule is c1ccc(-c2cc(-c3ccccc3)nc(-n3c4ccccc4c4cc5c6cc7oc8ccccc8c7cc6n(-c6ccccc6)c5cc43)n2)cc1. The van der Waals surface area contributed by atoms with Gasteiger partial charge >= 0.3 is 0 Å². The molecule has 5 heteroatoms. The Labute approximate surface area is 292 Å². The van der Waals surface area contributed by atoms with Gasteiger partial charge in [0.05, 0.1) is 33.5 Å². The van der Waals surface area contributed by atoms with Crippen molar-refractivity contribution in [3.8, 4) is 34.2 Å². The molecule has 0 spiro atoms. The van der Waals surface area contributed by atoms with Crippen LogP contribution in [0.1, 0.15) is 0 Å². The topological polar surface area (TPSA) is 48.8 Å². The van der Waals surface area contributed by atoms with Gasteiger partial charge in [-0.2, -0.15) is 0 Å². The molecule has 7 aromatic carbocycles. The number of aromatic nitrogens is 4. The minimum atomic E-state index is 0.632. The molecule has 0 atom stereocenters. The van der Waals surface area contributed by atoms with Crippen LogP contribution in [0.25, 0.3) is 99.7 Å². The van der Waals surface area contributed by atoms with E-state index in [1.54, 1.807) is 0 Å². The Kier molecular flexibility index (Phi) is 5.89. The molecule has 4 heterocycles.